The van der Waals surface area contributed by atoms with Crippen LogP contribution in [-0.4, -0.2) is 24.1 Å². The van der Waals surface area contributed by atoms with Crippen LogP contribution in [0.4, 0.5) is 0 Å². The number of aliphatic carboxylic acids is 1. The van der Waals surface area contributed by atoms with Gasteiger partial charge in [-0.25, -0.2) is 4.79 Å². The second kappa shape index (κ2) is 7.60. The van der Waals surface area contributed by atoms with Crippen LogP contribution < -0.4 is 10.1 Å². The van der Waals surface area contributed by atoms with E-state index in [-0.39, 0.29) is 5.70 Å². The van der Waals surface area contributed by atoms with E-state index >= 15 is 0 Å². The summed E-state index contributed by atoms with van der Waals surface area (Å²) in [4.78, 5) is 23.5. The average Bonchev–Trinajstić information content (AvgIpc) is 2.55. The predicted molar refractivity (Wildman–Crippen MR) is 90.2 cm³/mol. The lowest BCUT2D eigenvalue weighted by molar-refractivity contribution is -0.132. The fraction of sp³-hybridized carbons (Fsp3) is 0.0588. The number of hydrogen-bond acceptors (Lipinski definition) is 3. The molecular formula is C17H14BrNO4. The number of carboxylic acids is 1. The van der Waals surface area contributed by atoms with Crippen molar-refractivity contribution in [3.8, 4) is 5.75 Å². The van der Waals surface area contributed by atoms with E-state index in [0.29, 0.717) is 16.9 Å². The molecule has 0 aliphatic rings. The Balaban J connectivity index is 2.34. The smallest absolute Gasteiger partial charge is 0.352 e. The number of methoxy groups -OCH3 is 1. The number of carboxylic acid groups (broad SMARTS) is 1. The Morgan fingerprint density at radius 3 is 2.48 bits per heavy atom. The highest BCUT2D eigenvalue weighted by Gasteiger charge is 2.14. The second-order valence-electron chi connectivity index (χ2n) is 4.57. The van der Waals surface area contributed by atoms with Gasteiger partial charge in [0.25, 0.3) is 5.91 Å². The molecule has 2 aromatic carbocycles. The van der Waals surface area contributed by atoms with E-state index in [4.69, 9.17) is 4.74 Å². The lowest BCUT2D eigenvalue weighted by Gasteiger charge is -2.09. The molecule has 23 heavy (non-hydrogen) atoms. The number of halogens is 1. The summed E-state index contributed by atoms with van der Waals surface area (Å²) < 4.78 is 5.97. The average molecular weight is 376 g/mol. The first-order valence-electron chi connectivity index (χ1n) is 6.66. The van der Waals surface area contributed by atoms with Gasteiger partial charge in [0.15, 0.2) is 0 Å². The second-order valence-corrected chi connectivity index (χ2v) is 5.49. The van der Waals surface area contributed by atoms with Crippen LogP contribution in [-0.2, 0) is 4.79 Å². The Hall–Kier alpha value is -2.60. The normalized spacial score (nSPS) is 11.0. The summed E-state index contributed by atoms with van der Waals surface area (Å²) >= 11 is 3.32. The van der Waals surface area contributed by atoms with Crippen LogP contribution in [0.5, 0.6) is 5.75 Å². The van der Waals surface area contributed by atoms with E-state index in [9.17, 15) is 14.7 Å². The molecule has 0 fully saturated rings. The number of hydrogen-bond donors (Lipinski definition) is 2. The van der Waals surface area contributed by atoms with E-state index in [2.05, 4.69) is 21.2 Å². The standard InChI is InChI=1S/C17H14BrNO4/c1-23-15-8-7-13(18)9-12(15)10-14(17(21)22)19-16(20)11-5-3-2-4-6-11/h2-10H,1H3,(H,19,20)(H,21,22). The molecule has 0 atom stereocenters. The zero-order valence-electron chi connectivity index (χ0n) is 12.2. The van der Waals surface area contributed by atoms with E-state index in [1.54, 1.807) is 48.5 Å². The van der Waals surface area contributed by atoms with Crippen molar-refractivity contribution in [2.75, 3.05) is 7.11 Å². The lowest BCUT2D eigenvalue weighted by Crippen LogP contribution is -2.27. The van der Waals surface area contributed by atoms with E-state index < -0.39 is 11.9 Å². The molecule has 0 saturated heterocycles. The van der Waals surface area contributed by atoms with Gasteiger partial charge in [-0.05, 0) is 36.4 Å². The highest BCUT2D eigenvalue weighted by Crippen LogP contribution is 2.25. The third-order valence-corrected chi connectivity index (χ3v) is 3.50. The van der Waals surface area contributed by atoms with E-state index in [1.165, 1.54) is 13.2 Å². The number of carbonyl (C=O) groups excluding carboxylic acids is 1. The number of amides is 1. The highest BCUT2D eigenvalue weighted by molar-refractivity contribution is 9.10. The number of nitrogens with one attached hydrogen (secondary N) is 1. The van der Waals surface area contributed by atoms with Crippen molar-refractivity contribution in [2.24, 2.45) is 0 Å². The van der Waals surface area contributed by atoms with E-state index in [1.807, 2.05) is 0 Å². The highest BCUT2D eigenvalue weighted by atomic mass is 79.9. The SMILES string of the molecule is COc1ccc(Br)cc1C=C(NC(=O)c1ccccc1)C(=O)O. The molecule has 0 unspecified atom stereocenters. The fourth-order valence-corrected chi connectivity index (χ4v) is 2.29. The third-order valence-electron chi connectivity index (χ3n) is 3.01. The van der Waals surface area contributed by atoms with Crippen molar-refractivity contribution < 1.29 is 19.4 Å². The van der Waals surface area contributed by atoms with Gasteiger partial charge in [-0.3, -0.25) is 4.79 Å². The van der Waals surface area contributed by atoms with Gasteiger partial charge in [-0.2, -0.15) is 0 Å². The number of carbonyl (C=O) groups is 2. The minimum absolute atomic E-state index is 0.241. The van der Waals surface area contributed by atoms with Crippen LogP contribution in [0, 0.1) is 0 Å². The van der Waals surface area contributed by atoms with Crippen LogP contribution in [0.2, 0.25) is 0 Å². The maximum absolute atomic E-state index is 12.1. The van der Waals surface area contributed by atoms with Gasteiger partial charge in [0, 0.05) is 15.6 Å². The summed E-state index contributed by atoms with van der Waals surface area (Å²) in [6.07, 6.45) is 1.35. The van der Waals surface area contributed by atoms with Crippen LogP contribution in [0.3, 0.4) is 0 Å². The van der Waals surface area contributed by atoms with Gasteiger partial charge in [-0.1, -0.05) is 34.1 Å². The maximum Gasteiger partial charge on any atom is 0.352 e. The summed E-state index contributed by atoms with van der Waals surface area (Å²) in [5, 5.41) is 11.7. The minimum atomic E-state index is -1.24. The summed E-state index contributed by atoms with van der Waals surface area (Å²) in [6.45, 7) is 0. The Morgan fingerprint density at radius 2 is 1.87 bits per heavy atom. The number of benzene rings is 2. The van der Waals surface area contributed by atoms with Gasteiger partial charge < -0.3 is 15.2 Å². The third kappa shape index (κ3) is 4.43. The summed E-state index contributed by atoms with van der Waals surface area (Å²) in [6, 6.07) is 13.6. The van der Waals surface area contributed by atoms with E-state index in [0.717, 1.165) is 4.47 Å². The van der Waals surface area contributed by atoms with Gasteiger partial charge in [0.05, 0.1) is 7.11 Å². The summed E-state index contributed by atoms with van der Waals surface area (Å²) in [5.41, 5.74) is 0.670. The molecule has 5 nitrogen and oxygen atoms in total. The molecule has 2 aromatic rings. The van der Waals surface area contributed by atoms with Crippen molar-refractivity contribution >= 4 is 33.9 Å². The molecule has 6 heteroatoms. The molecule has 0 radical (unpaired) electrons. The summed E-state index contributed by atoms with van der Waals surface area (Å²) in [7, 11) is 1.49. The number of rotatable bonds is 5. The first kappa shape index (κ1) is 16.8. The molecule has 118 valence electrons. The molecule has 0 aliphatic heterocycles. The Bertz CT molecular complexity index is 756. The van der Waals surface area contributed by atoms with Crippen LogP contribution in [0.15, 0.2) is 58.7 Å². The van der Waals surface area contributed by atoms with Gasteiger partial charge in [0.1, 0.15) is 11.4 Å². The molecule has 0 heterocycles. The fourth-order valence-electron chi connectivity index (χ4n) is 1.91. The lowest BCUT2D eigenvalue weighted by atomic mass is 10.1. The van der Waals surface area contributed by atoms with Gasteiger partial charge in [-0.15, -0.1) is 0 Å². The van der Waals surface area contributed by atoms with Crippen molar-refractivity contribution in [1.29, 1.82) is 0 Å². The first-order valence-corrected chi connectivity index (χ1v) is 7.45. The Kier molecular flexibility index (Phi) is 5.54. The van der Waals surface area contributed by atoms with Crippen LogP contribution in [0.1, 0.15) is 15.9 Å². The largest absolute Gasteiger partial charge is 0.496 e. The topological polar surface area (TPSA) is 75.6 Å². The minimum Gasteiger partial charge on any atom is -0.496 e. The van der Waals surface area contributed by atoms with Crippen LogP contribution in [0.25, 0.3) is 6.08 Å². The Morgan fingerprint density at radius 1 is 1.17 bits per heavy atom. The van der Waals surface area contributed by atoms with Crippen molar-refractivity contribution in [1.82, 2.24) is 5.32 Å². The monoisotopic (exact) mass is 375 g/mol. The quantitative estimate of drug-likeness (QED) is 0.786. The molecule has 2 rings (SSSR count). The number of ether oxygens (including phenoxy) is 1. The molecule has 0 bridgehead atoms. The molecular weight excluding hydrogens is 362 g/mol. The summed E-state index contributed by atoms with van der Waals surface area (Å²) in [5.74, 6) is -1.23. The maximum atomic E-state index is 12.1. The predicted octanol–water partition coefficient (Wildman–Crippen LogP) is 3.31. The Labute approximate surface area is 141 Å². The van der Waals surface area contributed by atoms with Gasteiger partial charge in [0.2, 0.25) is 0 Å². The molecule has 0 spiro atoms. The van der Waals surface area contributed by atoms with Crippen LogP contribution >= 0.6 is 15.9 Å². The van der Waals surface area contributed by atoms with Crippen molar-refractivity contribution in [2.45, 2.75) is 0 Å². The van der Waals surface area contributed by atoms with Crippen molar-refractivity contribution in [3.05, 3.63) is 69.8 Å². The van der Waals surface area contributed by atoms with Crippen molar-refractivity contribution in [3.63, 3.8) is 0 Å². The molecule has 0 saturated carbocycles. The molecule has 2 N–H and O–H groups in total. The molecule has 0 aliphatic carbocycles. The van der Waals surface area contributed by atoms with Gasteiger partial charge >= 0.3 is 5.97 Å². The molecule has 0 aromatic heterocycles. The zero-order chi connectivity index (χ0) is 16.8. The zero-order valence-corrected chi connectivity index (χ0v) is 13.8. The first-order chi connectivity index (χ1) is 11.0. The molecule has 1 amide bonds.